The molecule has 2 aromatic rings. The highest BCUT2D eigenvalue weighted by molar-refractivity contribution is 5.99. The van der Waals surface area contributed by atoms with Gasteiger partial charge >= 0.3 is 0 Å². The molecule has 1 saturated heterocycles. The first-order valence-electron chi connectivity index (χ1n) is 9.03. The zero-order valence-electron chi connectivity index (χ0n) is 14.8. The maximum Gasteiger partial charge on any atom is 0.232 e. The Bertz CT molecular complexity index is 742. The van der Waals surface area contributed by atoms with Gasteiger partial charge < -0.3 is 10.5 Å². The number of nitrogens with two attached hydrogens (primary N) is 1. The molecule has 0 radical (unpaired) electrons. The molecule has 2 aliphatic rings. The van der Waals surface area contributed by atoms with Crippen molar-refractivity contribution in [1.29, 1.82) is 0 Å². The molecule has 1 heterocycles. The third-order valence-corrected chi connectivity index (χ3v) is 5.61. The van der Waals surface area contributed by atoms with Gasteiger partial charge in [-0.15, -0.1) is 12.4 Å². The second kappa shape index (κ2) is 7.78. The number of ether oxygens (including phenoxy) is 1. The largest absolute Gasteiger partial charge is 0.379 e. The predicted octanol–water partition coefficient (Wildman–Crippen LogP) is 2.97. The number of amides is 1. The molecule has 138 valence electrons. The van der Waals surface area contributed by atoms with Crippen molar-refractivity contribution >= 4 is 18.3 Å². The summed E-state index contributed by atoms with van der Waals surface area (Å²) in [5.74, 6) is -0.244. The highest BCUT2D eigenvalue weighted by Gasteiger charge is 2.47. The van der Waals surface area contributed by atoms with Gasteiger partial charge in [0.2, 0.25) is 5.91 Å². The summed E-state index contributed by atoms with van der Waals surface area (Å²) in [5, 5.41) is 0. The normalized spacial score (nSPS) is 17.8. The molecule has 0 aromatic heterocycles. The van der Waals surface area contributed by atoms with Crippen LogP contribution in [0.25, 0.3) is 11.1 Å². The van der Waals surface area contributed by atoms with Gasteiger partial charge in [-0.1, -0.05) is 48.5 Å². The van der Waals surface area contributed by atoms with E-state index in [9.17, 15) is 4.79 Å². The lowest BCUT2D eigenvalue weighted by atomic mass is 9.74. The van der Waals surface area contributed by atoms with Gasteiger partial charge in [-0.2, -0.15) is 0 Å². The molecule has 5 heteroatoms. The fourth-order valence-electron chi connectivity index (χ4n) is 4.38. The second-order valence-corrected chi connectivity index (χ2v) is 6.92. The summed E-state index contributed by atoms with van der Waals surface area (Å²) in [6.07, 6.45) is 1.68. The molecule has 0 atom stereocenters. The summed E-state index contributed by atoms with van der Waals surface area (Å²) >= 11 is 0. The molecular formula is C21H25ClN2O2. The zero-order chi connectivity index (χ0) is 17.3. The molecule has 0 spiro atoms. The number of morpholine rings is 1. The van der Waals surface area contributed by atoms with Crippen LogP contribution in [-0.4, -0.2) is 43.7 Å². The van der Waals surface area contributed by atoms with Crippen LogP contribution in [0.2, 0.25) is 0 Å². The van der Waals surface area contributed by atoms with E-state index >= 15 is 0 Å². The third-order valence-electron chi connectivity index (χ3n) is 5.61. The van der Waals surface area contributed by atoms with E-state index in [2.05, 4.69) is 29.2 Å². The Morgan fingerprint density at radius 2 is 1.54 bits per heavy atom. The number of nitrogens with zero attached hydrogens (tertiary/aromatic N) is 1. The average Bonchev–Trinajstić information content (AvgIpc) is 2.94. The fourth-order valence-corrected chi connectivity index (χ4v) is 4.38. The zero-order valence-corrected chi connectivity index (χ0v) is 15.6. The topological polar surface area (TPSA) is 55.6 Å². The van der Waals surface area contributed by atoms with Crippen molar-refractivity contribution in [3.05, 3.63) is 59.7 Å². The number of fused-ring (bicyclic) bond motifs is 3. The van der Waals surface area contributed by atoms with Crippen molar-refractivity contribution < 1.29 is 9.53 Å². The molecule has 1 aliphatic carbocycles. The minimum atomic E-state index is -0.709. The van der Waals surface area contributed by atoms with E-state index in [4.69, 9.17) is 10.5 Å². The van der Waals surface area contributed by atoms with Gasteiger partial charge in [0, 0.05) is 13.1 Å². The van der Waals surface area contributed by atoms with Crippen LogP contribution in [0, 0.1) is 0 Å². The van der Waals surface area contributed by atoms with Crippen LogP contribution in [-0.2, 0) is 14.9 Å². The number of carbonyl (C=O) groups excluding carboxylic acids is 1. The Labute approximate surface area is 160 Å². The van der Waals surface area contributed by atoms with Crippen LogP contribution in [0.5, 0.6) is 0 Å². The van der Waals surface area contributed by atoms with Crippen molar-refractivity contribution in [3.63, 3.8) is 0 Å². The van der Waals surface area contributed by atoms with Crippen LogP contribution in [0.4, 0.5) is 0 Å². The minimum Gasteiger partial charge on any atom is -0.379 e. The Morgan fingerprint density at radius 1 is 1.00 bits per heavy atom. The first kappa shape index (κ1) is 18.9. The monoisotopic (exact) mass is 372 g/mol. The summed E-state index contributed by atoms with van der Waals surface area (Å²) in [5.41, 5.74) is 9.71. The number of halogens is 1. The standard InChI is InChI=1S/C21H24N2O2.ClH/c22-20(24)21(10-5-11-23-12-14-25-15-13-23)18-8-3-1-6-16(18)17-7-2-4-9-19(17)21;/h1-4,6-9H,5,10-15H2,(H2,22,24);1H. The smallest absolute Gasteiger partial charge is 0.232 e. The van der Waals surface area contributed by atoms with Crippen molar-refractivity contribution in [3.8, 4) is 11.1 Å². The van der Waals surface area contributed by atoms with Crippen LogP contribution >= 0.6 is 12.4 Å². The lowest BCUT2D eigenvalue weighted by Crippen LogP contribution is -2.42. The molecule has 0 saturated carbocycles. The maximum absolute atomic E-state index is 12.7. The quantitative estimate of drug-likeness (QED) is 0.877. The van der Waals surface area contributed by atoms with Gasteiger partial charge in [0.05, 0.1) is 18.6 Å². The number of rotatable bonds is 5. The van der Waals surface area contributed by atoms with Gasteiger partial charge in [0.15, 0.2) is 0 Å². The average molecular weight is 373 g/mol. The van der Waals surface area contributed by atoms with Crippen LogP contribution in [0.15, 0.2) is 48.5 Å². The molecule has 1 aliphatic heterocycles. The summed E-state index contributed by atoms with van der Waals surface area (Å²) < 4.78 is 5.41. The molecule has 0 bridgehead atoms. The Balaban J connectivity index is 0.00000196. The number of carbonyl (C=O) groups is 1. The molecule has 1 fully saturated rings. The fraction of sp³-hybridized carbons (Fsp3) is 0.381. The van der Waals surface area contributed by atoms with Crippen molar-refractivity contribution in [2.24, 2.45) is 5.73 Å². The van der Waals surface area contributed by atoms with E-state index in [1.54, 1.807) is 0 Å². The maximum atomic E-state index is 12.7. The van der Waals surface area contributed by atoms with Gasteiger partial charge in [-0.05, 0) is 41.6 Å². The summed E-state index contributed by atoms with van der Waals surface area (Å²) in [6.45, 7) is 4.51. The number of benzene rings is 2. The van der Waals surface area contributed by atoms with Crippen LogP contribution in [0.3, 0.4) is 0 Å². The first-order chi connectivity index (χ1) is 12.2. The predicted molar refractivity (Wildman–Crippen MR) is 106 cm³/mol. The summed E-state index contributed by atoms with van der Waals surface area (Å²) in [6, 6.07) is 16.4. The number of primary amides is 1. The summed E-state index contributed by atoms with van der Waals surface area (Å²) in [7, 11) is 0. The molecule has 2 aromatic carbocycles. The Morgan fingerprint density at radius 3 is 2.08 bits per heavy atom. The molecular weight excluding hydrogens is 348 g/mol. The lowest BCUT2D eigenvalue weighted by molar-refractivity contribution is -0.122. The molecule has 2 N–H and O–H groups in total. The summed E-state index contributed by atoms with van der Waals surface area (Å²) in [4.78, 5) is 15.1. The van der Waals surface area contributed by atoms with E-state index in [1.165, 1.54) is 0 Å². The third kappa shape index (κ3) is 3.02. The Hall–Kier alpha value is -1.88. The lowest BCUT2D eigenvalue weighted by Gasteiger charge is -2.31. The van der Waals surface area contributed by atoms with Gasteiger partial charge in [-0.3, -0.25) is 9.69 Å². The minimum absolute atomic E-state index is 0. The van der Waals surface area contributed by atoms with Gasteiger partial charge in [0.25, 0.3) is 0 Å². The first-order valence-corrected chi connectivity index (χ1v) is 9.03. The van der Waals surface area contributed by atoms with Gasteiger partial charge in [0.1, 0.15) is 0 Å². The van der Waals surface area contributed by atoms with E-state index < -0.39 is 5.41 Å². The number of hydrogen-bond donors (Lipinski definition) is 1. The van der Waals surface area contributed by atoms with E-state index in [0.717, 1.165) is 67.9 Å². The van der Waals surface area contributed by atoms with Crippen molar-refractivity contribution in [2.75, 3.05) is 32.8 Å². The highest BCUT2D eigenvalue weighted by Crippen LogP contribution is 2.51. The van der Waals surface area contributed by atoms with Crippen LogP contribution in [0.1, 0.15) is 24.0 Å². The van der Waals surface area contributed by atoms with Crippen molar-refractivity contribution in [1.82, 2.24) is 4.90 Å². The molecule has 4 rings (SSSR count). The molecule has 26 heavy (non-hydrogen) atoms. The van der Waals surface area contributed by atoms with Crippen LogP contribution < -0.4 is 5.73 Å². The SMILES string of the molecule is Cl.NC(=O)C1(CCCN2CCOCC2)c2ccccc2-c2ccccc21. The molecule has 4 nitrogen and oxygen atoms in total. The van der Waals surface area contributed by atoms with Gasteiger partial charge in [-0.25, -0.2) is 0 Å². The van der Waals surface area contributed by atoms with E-state index in [0.29, 0.717) is 0 Å². The van der Waals surface area contributed by atoms with E-state index in [-0.39, 0.29) is 18.3 Å². The number of hydrogen-bond acceptors (Lipinski definition) is 3. The molecule has 1 amide bonds. The second-order valence-electron chi connectivity index (χ2n) is 6.92. The highest BCUT2D eigenvalue weighted by atomic mass is 35.5. The molecule has 0 unspecified atom stereocenters. The van der Waals surface area contributed by atoms with Crippen molar-refractivity contribution in [2.45, 2.75) is 18.3 Å². The Kier molecular flexibility index (Phi) is 5.66. The van der Waals surface area contributed by atoms with E-state index in [1.807, 2.05) is 24.3 Å².